The zero-order valence-electron chi connectivity index (χ0n) is 13.6. The summed E-state index contributed by atoms with van der Waals surface area (Å²) < 4.78 is 7.47. The summed E-state index contributed by atoms with van der Waals surface area (Å²) in [6.45, 7) is 0.132. The first-order valence-corrected chi connectivity index (χ1v) is 8.70. The largest absolute Gasteiger partial charge is 0.495 e. The fourth-order valence-electron chi connectivity index (χ4n) is 2.44. The Hall–Kier alpha value is -2.35. The predicted octanol–water partition coefficient (Wildman–Crippen LogP) is 4.18. The number of H-pyrrole nitrogens is 1. The van der Waals surface area contributed by atoms with E-state index in [9.17, 15) is 4.79 Å². The fourth-order valence-corrected chi connectivity index (χ4v) is 3.06. The van der Waals surface area contributed by atoms with Crippen LogP contribution in [0.2, 0.25) is 10.0 Å². The number of ether oxygens (including phenoxy) is 1. The highest BCUT2D eigenvalue weighted by Gasteiger charge is 2.15. The summed E-state index contributed by atoms with van der Waals surface area (Å²) in [5.41, 5.74) is 1.01. The van der Waals surface area contributed by atoms with Crippen LogP contribution in [0.4, 0.5) is 0 Å². The Balaban J connectivity index is 1.87. The number of aromatic amines is 1. The van der Waals surface area contributed by atoms with Crippen LogP contribution in [0.5, 0.6) is 5.75 Å². The summed E-state index contributed by atoms with van der Waals surface area (Å²) in [7, 11) is 1.57. The van der Waals surface area contributed by atoms with Gasteiger partial charge in [0, 0.05) is 5.02 Å². The Morgan fingerprint density at radius 1 is 1.31 bits per heavy atom. The van der Waals surface area contributed by atoms with Gasteiger partial charge in [-0.1, -0.05) is 35.3 Å². The Labute approximate surface area is 164 Å². The SMILES string of the molecule is COc1ccccc1-n1c(CNC(=O)c2cc(Cl)ccc2Cl)n[nH]c1=S. The van der Waals surface area contributed by atoms with Crippen LogP contribution in [0, 0.1) is 4.77 Å². The first-order chi connectivity index (χ1) is 12.5. The third kappa shape index (κ3) is 3.75. The minimum atomic E-state index is -0.363. The molecule has 0 saturated carbocycles. The smallest absolute Gasteiger partial charge is 0.253 e. The summed E-state index contributed by atoms with van der Waals surface area (Å²) in [4.78, 5) is 12.4. The molecule has 1 heterocycles. The van der Waals surface area contributed by atoms with Gasteiger partial charge < -0.3 is 10.1 Å². The van der Waals surface area contributed by atoms with Crippen molar-refractivity contribution in [3.05, 3.63) is 68.7 Å². The summed E-state index contributed by atoms with van der Waals surface area (Å²) in [6.07, 6.45) is 0. The monoisotopic (exact) mass is 408 g/mol. The number of nitrogens with zero attached hydrogens (tertiary/aromatic N) is 2. The highest BCUT2D eigenvalue weighted by molar-refractivity contribution is 7.71. The molecule has 1 aromatic heterocycles. The zero-order chi connectivity index (χ0) is 18.7. The van der Waals surface area contributed by atoms with Gasteiger partial charge in [-0.25, -0.2) is 0 Å². The number of carbonyl (C=O) groups is 1. The van der Waals surface area contributed by atoms with E-state index in [1.54, 1.807) is 23.8 Å². The Bertz CT molecular complexity index is 1020. The van der Waals surface area contributed by atoms with Crippen LogP contribution in [-0.4, -0.2) is 27.8 Å². The van der Waals surface area contributed by atoms with Crippen molar-refractivity contribution in [1.82, 2.24) is 20.1 Å². The minimum absolute atomic E-state index is 0.132. The van der Waals surface area contributed by atoms with Crippen molar-refractivity contribution in [2.45, 2.75) is 6.54 Å². The van der Waals surface area contributed by atoms with E-state index in [1.807, 2.05) is 24.3 Å². The number of methoxy groups -OCH3 is 1. The number of hydrogen-bond acceptors (Lipinski definition) is 4. The molecule has 6 nitrogen and oxygen atoms in total. The van der Waals surface area contributed by atoms with E-state index < -0.39 is 0 Å². The number of amides is 1. The van der Waals surface area contributed by atoms with E-state index in [4.69, 9.17) is 40.2 Å². The maximum Gasteiger partial charge on any atom is 0.253 e. The fraction of sp³-hybridized carbons (Fsp3) is 0.118. The van der Waals surface area contributed by atoms with Crippen molar-refractivity contribution in [1.29, 1.82) is 0 Å². The Kier molecular flexibility index (Phi) is 5.61. The van der Waals surface area contributed by atoms with Crippen molar-refractivity contribution in [3.8, 4) is 11.4 Å². The van der Waals surface area contributed by atoms with Crippen molar-refractivity contribution in [2.24, 2.45) is 0 Å². The number of halogens is 2. The summed E-state index contributed by atoms with van der Waals surface area (Å²) in [6, 6.07) is 12.1. The van der Waals surface area contributed by atoms with Crippen LogP contribution in [0.15, 0.2) is 42.5 Å². The van der Waals surface area contributed by atoms with Crippen molar-refractivity contribution in [3.63, 3.8) is 0 Å². The molecular formula is C17H14Cl2N4O2S. The molecule has 0 unspecified atom stereocenters. The standard InChI is InChI=1S/C17H14Cl2N4O2S/c1-25-14-5-3-2-4-13(14)23-15(21-22-17(23)26)9-20-16(24)11-8-10(18)6-7-12(11)19/h2-8H,9H2,1H3,(H,20,24)(H,22,26). The lowest BCUT2D eigenvalue weighted by Gasteiger charge is -2.12. The molecule has 9 heteroatoms. The van der Waals surface area contributed by atoms with E-state index in [0.717, 1.165) is 5.69 Å². The zero-order valence-corrected chi connectivity index (χ0v) is 16.0. The average molecular weight is 409 g/mol. The molecule has 26 heavy (non-hydrogen) atoms. The molecule has 0 aliphatic rings. The van der Waals surface area contributed by atoms with Gasteiger partial charge in [-0.05, 0) is 42.5 Å². The van der Waals surface area contributed by atoms with Gasteiger partial charge in [0.1, 0.15) is 5.75 Å². The normalized spacial score (nSPS) is 10.6. The molecule has 0 aliphatic heterocycles. The number of hydrogen-bond donors (Lipinski definition) is 2. The molecule has 0 atom stereocenters. The van der Waals surface area contributed by atoms with Gasteiger partial charge in [-0.2, -0.15) is 5.10 Å². The molecule has 0 saturated heterocycles. The number of para-hydroxylation sites is 2. The van der Waals surface area contributed by atoms with Crippen molar-refractivity contribution < 1.29 is 9.53 Å². The van der Waals surface area contributed by atoms with Crippen LogP contribution in [0.25, 0.3) is 5.69 Å². The highest BCUT2D eigenvalue weighted by Crippen LogP contribution is 2.24. The molecule has 0 bridgehead atoms. The minimum Gasteiger partial charge on any atom is -0.495 e. The van der Waals surface area contributed by atoms with Gasteiger partial charge in [0.2, 0.25) is 0 Å². The Morgan fingerprint density at radius 2 is 2.08 bits per heavy atom. The molecule has 0 radical (unpaired) electrons. The van der Waals surface area contributed by atoms with Crippen LogP contribution in [0.1, 0.15) is 16.2 Å². The topological polar surface area (TPSA) is 71.9 Å². The van der Waals surface area contributed by atoms with Gasteiger partial charge >= 0.3 is 0 Å². The van der Waals surface area contributed by atoms with Crippen molar-refractivity contribution in [2.75, 3.05) is 7.11 Å². The number of nitrogens with one attached hydrogen (secondary N) is 2. The van der Waals surface area contributed by atoms with Gasteiger partial charge in [0.05, 0.1) is 29.9 Å². The average Bonchev–Trinajstić information content (AvgIpc) is 3.02. The molecular weight excluding hydrogens is 395 g/mol. The maximum absolute atomic E-state index is 12.4. The van der Waals surface area contributed by atoms with E-state index in [2.05, 4.69) is 15.5 Å². The number of carbonyl (C=O) groups excluding carboxylic acids is 1. The molecule has 0 fully saturated rings. The van der Waals surface area contributed by atoms with Crippen LogP contribution in [-0.2, 0) is 6.54 Å². The molecule has 0 aliphatic carbocycles. The van der Waals surface area contributed by atoms with Crippen LogP contribution in [0.3, 0.4) is 0 Å². The lowest BCUT2D eigenvalue weighted by molar-refractivity contribution is 0.0950. The second-order valence-corrected chi connectivity index (χ2v) is 6.49. The molecule has 2 N–H and O–H groups in total. The first-order valence-electron chi connectivity index (χ1n) is 7.54. The molecule has 134 valence electrons. The van der Waals surface area contributed by atoms with Gasteiger partial charge in [-0.3, -0.25) is 14.5 Å². The number of aromatic nitrogens is 3. The van der Waals surface area contributed by atoms with Gasteiger partial charge in [-0.15, -0.1) is 0 Å². The van der Waals surface area contributed by atoms with E-state index >= 15 is 0 Å². The highest BCUT2D eigenvalue weighted by atomic mass is 35.5. The van der Waals surface area contributed by atoms with Crippen LogP contribution < -0.4 is 10.1 Å². The predicted molar refractivity (Wildman–Crippen MR) is 103 cm³/mol. The second kappa shape index (κ2) is 7.90. The van der Waals surface area contributed by atoms with Gasteiger partial charge in [0.25, 0.3) is 5.91 Å². The Morgan fingerprint density at radius 3 is 2.85 bits per heavy atom. The quantitative estimate of drug-likeness (QED) is 0.621. The molecule has 1 amide bonds. The first kappa shape index (κ1) is 18.4. The van der Waals surface area contributed by atoms with E-state index in [0.29, 0.717) is 26.4 Å². The van der Waals surface area contributed by atoms with Crippen molar-refractivity contribution >= 4 is 41.3 Å². The summed E-state index contributed by atoms with van der Waals surface area (Å²) in [5, 5.41) is 10.4. The van der Waals surface area contributed by atoms with Gasteiger partial charge in [0.15, 0.2) is 10.6 Å². The summed E-state index contributed by atoms with van der Waals surface area (Å²) >= 11 is 17.3. The lowest BCUT2D eigenvalue weighted by atomic mass is 10.2. The number of rotatable bonds is 5. The molecule has 3 aromatic rings. The van der Waals surface area contributed by atoms with E-state index in [1.165, 1.54) is 6.07 Å². The molecule has 0 spiro atoms. The van der Waals surface area contributed by atoms with E-state index in [-0.39, 0.29) is 18.0 Å². The number of benzene rings is 2. The lowest BCUT2D eigenvalue weighted by Crippen LogP contribution is -2.25. The third-order valence-corrected chi connectivity index (χ3v) is 4.49. The van der Waals surface area contributed by atoms with Crippen LogP contribution >= 0.6 is 35.4 Å². The second-order valence-electron chi connectivity index (χ2n) is 5.26. The maximum atomic E-state index is 12.4. The molecule has 2 aromatic carbocycles. The summed E-state index contributed by atoms with van der Waals surface area (Å²) in [5.74, 6) is 0.791. The third-order valence-electron chi connectivity index (χ3n) is 3.65. The molecule has 3 rings (SSSR count).